The summed E-state index contributed by atoms with van der Waals surface area (Å²) in [6.07, 6.45) is -1.15. The molecule has 0 spiro atoms. The third kappa shape index (κ3) is 7.12. The Balaban J connectivity index is 1.85. The Bertz CT molecular complexity index is 871. The third-order valence-corrected chi connectivity index (χ3v) is 4.01. The number of halogens is 1. The summed E-state index contributed by atoms with van der Waals surface area (Å²) in [5, 5.41) is 4.94. The summed E-state index contributed by atoms with van der Waals surface area (Å²) in [5.41, 5.74) is 1.91. The highest BCUT2D eigenvalue weighted by Crippen LogP contribution is 2.30. The second-order valence-electron chi connectivity index (χ2n) is 6.55. The normalized spacial score (nSPS) is 11.5. The molecule has 0 aliphatic heterocycles. The zero-order valence-electron chi connectivity index (χ0n) is 16.4. The first-order chi connectivity index (χ1) is 13.8. The van der Waals surface area contributed by atoms with Gasteiger partial charge in [-0.25, -0.2) is 9.59 Å². The van der Waals surface area contributed by atoms with Crippen LogP contribution in [0.25, 0.3) is 11.1 Å². The molecule has 0 saturated carbocycles. The van der Waals surface area contributed by atoms with E-state index in [4.69, 9.17) is 21.1 Å². The van der Waals surface area contributed by atoms with E-state index in [0.717, 1.165) is 11.1 Å². The third-order valence-electron chi connectivity index (χ3n) is 3.72. The molecule has 7 nitrogen and oxygen atoms in total. The van der Waals surface area contributed by atoms with Crippen LogP contribution in [0.1, 0.15) is 20.8 Å². The molecule has 3 amide bonds. The lowest BCUT2D eigenvalue weighted by Gasteiger charge is -2.15. The summed E-state index contributed by atoms with van der Waals surface area (Å²) in [4.78, 5) is 35.3. The lowest BCUT2D eigenvalue weighted by Crippen LogP contribution is -2.46. The first-order valence-corrected chi connectivity index (χ1v) is 9.42. The van der Waals surface area contributed by atoms with E-state index < -0.39 is 30.6 Å². The van der Waals surface area contributed by atoms with Crippen molar-refractivity contribution >= 4 is 29.5 Å². The molecule has 0 heterocycles. The van der Waals surface area contributed by atoms with Gasteiger partial charge in [0.1, 0.15) is 5.75 Å². The van der Waals surface area contributed by atoms with Crippen LogP contribution in [-0.4, -0.2) is 36.7 Å². The molecule has 0 saturated heterocycles. The van der Waals surface area contributed by atoms with Gasteiger partial charge in [0.2, 0.25) is 0 Å². The number of carbonyl (C=O) groups is 3. The van der Waals surface area contributed by atoms with Gasteiger partial charge >= 0.3 is 12.0 Å². The number of rotatable bonds is 7. The van der Waals surface area contributed by atoms with E-state index in [9.17, 15) is 14.4 Å². The van der Waals surface area contributed by atoms with Crippen LogP contribution in [0.2, 0.25) is 5.02 Å². The average molecular weight is 419 g/mol. The molecule has 2 rings (SSSR count). The molecule has 2 aromatic carbocycles. The Kier molecular flexibility index (Phi) is 8.03. The van der Waals surface area contributed by atoms with Crippen LogP contribution < -0.4 is 15.4 Å². The molecule has 0 radical (unpaired) electrons. The summed E-state index contributed by atoms with van der Waals surface area (Å²) >= 11 is 6.23. The minimum absolute atomic E-state index is 0.132. The van der Waals surface area contributed by atoms with Crippen LogP contribution in [0.5, 0.6) is 5.75 Å². The van der Waals surface area contributed by atoms with Crippen molar-refractivity contribution in [1.82, 2.24) is 10.6 Å². The quantitative estimate of drug-likeness (QED) is 0.670. The zero-order chi connectivity index (χ0) is 21.4. The predicted octanol–water partition coefficient (Wildman–Crippen LogP) is 3.55. The van der Waals surface area contributed by atoms with Crippen molar-refractivity contribution in [2.24, 2.45) is 0 Å². The molecule has 0 bridgehead atoms. The second kappa shape index (κ2) is 10.5. The van der Waals surface area contributed by atoms with Gasteiger partial charge in [0.15, 0.2) is 12.7 Å². The van der Waals surface area contributed by atoms with Gasteiger partial charge in [-0.2, -0.15) is 0 Å². The molecule has 1 atom stereocenters. The maximum atomic E-state index is 11.9. The summed E-state index contributed by atoms with van der Waals surface area (Å²) in [6, 6.07) is 14.1. The number of esters is 1. The van der Waals surface area contributed by atoms with Gasteiger partial charge in [0, 0.05) is 6.04 Å². The molecule has 0 unspecified atom stereocenters. The van der Waals surface area contributed by atoms with Crippen LogP contribution in [0.15, 0.2) is 48.5 Å². The fourth-order valence-electron chi connectivity index (χ4n) is 2.36. The van der Waals surface area contributed by atoms with E-state index >= 15 is 0 Å². The van der Waals surface area contributed by atoms with Gasteiger partial charge in [-0.1, -0.05) is 48.0 Å². The maximum absolute atomic E-state index is 11.9. The number of urea groups is 1. The van der Waals surface area contributed by atoms with Crippen molar-refractivity contribution in [3.63, 3.8) is 0 Å². The number of nitrogens with one attached hydrogen (secondary N) is 2. The van der Waals surface area contributed by atoms with Gasteiger partial charge in [-0.3, -0.25) is 10.1 Å². The summed E-state index contributed by atoms with van der Waals surface area (Å²) in [5.74, 6) is -1.18. The lowest BCUT2D eigenvalue weighted by molar-refractivity contribution is -0.156. The van der Waals surface area contributed by atoms with Crippen molar-refractivity contribution in [2.75, 3.05) is 6.61 Å². The Morgan fingerprint density at radius 2 is 1.69 bits per heavy atom. The largest absolute Gasteiger partial charge is 0.480 e. The SMILES string of the molecule is CC(C)NC(=O)NC(=O)[C@@H](C)OC(=O)COc1ccc(-c2ccccc2)cc1Cl. The first-order valence-electron chi connectivity index (χ1n) is 9.05. The van der Waals surface area contributed by atoms with E-state index in [1.54, 1.807) is 26.0 Å². The molecule has 0 aliphatic carbocycles. The highest BCUT2D eigenvalue weighted by Gasteiger charge is 2.20. The minimum Gasteiger partial charge on any atom is -0.480 e. The number of hydrogen-bond donors (Lipinski definition) is 2. The van der Waals surface area contributed by atoms with Crippen molar-refractivity contribution in [3.8, 4) is 16.9 Å². The Morgan fingerprint density at radius 3 is 2.31 bits per heavy atom. The number of amides is 3. The Labute approximate surface area is 174 Å². The van der Waals surface area contributed by atoms with E-state index in [1.807, 2.05) is 36.4 Å². The molecule has 29 heavy (non-hydrogen) atoms. The molecule has 154 valence electrons. The fourth-order valence-corrected chi connectivity index (χ4v) is 2.60. The van der Waals surface area contributed by atoms with Crippen molar-refractivity contribution in [2.45, 2.75) is 32.9 Å². The van der Waals surface area contributed by atoms with Crippen molar-refractivity contribution in [1.29, 1.82) is 0 Å². The minimum atomic E-state index is -1.15. The van der Waals surface area contributed by atoms with E-state index in [0.29, 0.717) is 10.8 Å². The van der Waals surface area contributed by atoms with Gasteiger partial charge < -0.3 is 14.8 Å². The number of benzene rings is 2. The summed E-state index contributed by atoms with van der Waals surface area (Å²) in [6.45, 7) is 4.43. The van der Waals surface area contributed by atoms with Crippen LogP contribution in [0, 0.1) is 0 Å². The number of hydrogen-bond acceptors (Lipinski definition) is 5. The number of imide groups is 1. The van der Waals surface area contributed by atoms with Gasteiger partial charge in [-0.15, -0.1) is 0 Å². The molecule has 8 heteroatoms. The van der Waals surface area contributed by atoms with Gasteiger partial charge in [0.25, 0.3) is 5.91 Å². The predicted molar refractivity (Wildman–Crippen MR) is 110 cm³/mol. The molecular formula is C21H23ClN2O5. The molecule has 0 aromatic heterocycles. The molecule has 2 N–H and O–H groups in total. The summed E-state index contributed by atoms with van der Waals surface area (Å²) in [7, 11) is 0. The van der Waals surface area contributed by atoms with Crippen LogP contribution >= 0.6 is 11.6 Å². The lowest BCUT2D eigenvalue weighted by atomic mass is 10.1. The molecular weight excluding hydrogens is 396 g/mol. The Hall–Kier alpha value is -3.06. The molecule has 0 aliphatic rings. The first kappa shape index (κ1) is 22.2. The van der Waals surface area contributed by atoms with Crippen molar-refractivity contribution < 1.29 is 23.9 Å². The Morgan fingerprint density at radius 1 is 1.00 bits per heavy atom. The average Bonchev–Trinajstić information content (AvgIpc) is 2.66. The van der Waals surface area contributed by atoms with Crippen LogP contribution in [-0.2, 0) is 14.3 Å². The fraction of sp³-hybridized carbons (Fsp3) is 0.286. The van der Waals surface area contributed by atoms with Crippen LogP contribution in [0.3, 0.4) is 0 Å². The maximum Gasteiger partial charge on any atom is 0.344 e. The molecule has 2 aromatic rings. The zero-order valence-corrected chi connectivity index (χ0v) is 17.2. The molecule has 0 fully saturated rings. The van der Waals surface area contributed by atoms with E-state index in [-0.39, 0.29) is 6.04 Å². The summed E-state index contributed by atoms with van der Waals surface area (Å²) < 4.78 is 10.4. The standard InChI is InChI=1S/C21H23ClN2O5/c1-13(2)23-21(27)24-20(26)14(3)29-19(25)12-28-18-10-9-16(11-17(18)22)15-7-5-4-6-8-15/h4-11,13-14H,12H2,1-3H3,(H2,23,24,26,27)/t14-/m1/s1. The monoisotopic (exact) mass is 418 g/mol. The highest BCUT2D eigenvalue weighted by molar-refractivity contribution is 6.32. The smallest absolute Gasteiger partial charge is 0.344 e. The van der Waals surface area contributed by atoms with Crippen molar-refractivity contribution in [3.05, 3.63) is 53.6 Å². The van der Waals surface area contributed by atoms with Crippen LogP contribution in [0.4, 0.5) is 4.79 Å². The topological polar surface area (TPSA) is 93.7 Å². The second-order valence-corrected chi connectivity index (χ2v) is 6.96. The number of carbonyl (C=O) groups excluding carboxylic acids is 3. The number of ether oxygens (including phenoxy) is 2. The highest BCUT2D eigenvalue weighted by atomic mass is 35.5. The van der Waals surface area contributed by atoms with E-state index in [2.05, 4.69) is 10.6 Å². The van der Waals surface area contributed by atoms with Gasteiger partial charge in [0.05, 0.1) is 5.02 Å². The van der Waals surface area contributed by atoms with E-state index in [1.165, 1.54) is 6.92 Å². The van der Waals surface area contributed by atoms with Gasteiger partial charge in [-0.05, 0) is 44.0 Å².